The summed E-state index contributed by atoms with van der Waals surface area (Å²) in [6.45, 7) is 8.13. The van der Waals surface area contributed by atoms with Crippen LogP contribution in [0.3, 0.4) is 0 Å². The number of carbonyl (C=O) groups excluding carboxylic acids is 4. The molecule has 2 heterocycles. The van der Waals surface area contributed by atoms with Gasteiger partial charge < -0.3 is 15.0 Å². The van der Waals surface area contributed by atoms with Gasteiger partial charge in [-0.3, -0.25) is 29.4 Å². The Hall–Kier alpha value is -3.01. The molecule has 1 aromatic carbocycles. The molecule has 3 rings (SSSR count). The molecule has 0 spiro atoms. The van der Waals surface area contributed by atoms with Gasteiger partial charge in [-0.2, -0.15) is 0 Å². The molecule has 1 atom stereocenters. The predicted octanol–water partition coefficient (Wildman–Crippen LogP) is 0.824. The molecular weight excluding hydrogens is 419 g/mol. The van der Waals surface area contributed by atoms with E-state index in [1.54, 1.807) is 6.07 Å². The fourth-order valence-corrected chi connectivity index (χ4v) is 3.67. The van der Waals surface area contributed by atoms with E-state index < -0.39 is 29.3 Å². The highest BCUT2D eigenvalue weighted by Gasteiger charge is 2.29. The second-order valence-electron chi connectivity index (χ2n) is 8.99. The highest BCUT2D eigenvalue weighted by Crippen LogP contribution is 2.21. The summed E-state index contributed by atoms with van der Waals surface area (Å²) in [6.07, 6.45) is 0.307. The number of nitrogens with one attached hydrogen (secondary N) is 2. The summed E-state index contributed by atoms with van der Waals surface area (Å²) in [5.41, 5.74) is -0.0538. The largest absolute Gasteiger partial charge is 0.459 e. The number of imide groups is 1. The summed E-state index contributed by atoms with van der Waals surface area (Å²) >= 11 is 0. The van der Waals surface area contributed by atoms with Crippen molar-refractivity contribution in [1.82, 2.24) is 15.5 Å². The smallest absolute Gasteiger partial charge is 0.320 e. The number of hydrogen-bond acceptors (Lipinski definition) is 7. The molecule has 32 heavy (non-hydrogen) atoms. The minimum atomic E-state index is -0.864. The number of ether oxygens (including phenoxy) is 1. The molecule has 3 amide bonds. The quantitative estimate of drug-likeness (QED) is 0.507. The normalized spacial score (nSPS) is 20.0. The summed E-state index contributed by atoms with van der Waals surface area (Å²) in [5, 5.41) is 4.63. The van der Waals surface area contributed by atoms with E-state index in [-0.39, 0.29) is 36.8 Å². The topological polar surface area (TPSA) is 108 Å². The number of anilines is 1. The molecule has 2 saturated heterocycles. The van der Waals surface area contributed by atoms with E-state index in [0.717, 1.165) is 0 Å². The average molecular weight is 448 g/mol. The van der Waals surface area contributed by atoms with Gasteiger partial charge in [-0.15, -0.1) is 0 Å². The SMILES string of the molecule is CC(C)(C)OC(=O)CN1CCN(c2ccc(C(=O)NC3CCC(=O)NC3=O)c(F)c2)CC1. The molecule has 0 aliphatic carbocycles. The fraction of sp³-hybridized carbons (Fsp3) is 0.545. The Labute approximate surface area is 186 Å². The van der Waals surface area contributed by atoms with Crippen molar-refractivity contribution in [2.75, 3.05) is 37.6 Å². The monoisotopic (exact) mass is 448 g/mol. The number of hydrogen-bond donors (Lipinski definition) is 2. The van der Waals surface area contributed by atoms with E-state index in [1.165, 1.54) is 12.1 Å². The van der Waals surface area contributed by atoms with Gasteiger partial charge in [0.2, 0.25) is 11.8 Å². The second kappa shape index (κ2) is 9.64. The van der Waals surface area contributed by atoms with Gasteiger partial charge >= 0.3 is 5.97 Å². The van der Waals surface area contributed by atoms with Crippen molar-refractivity contribution >= 4 is 29.4 Å². The molecule has 10 heteroatoms. The lowest BCUT2D eigenvalue weighted by Crippen LogP contribution is -2.52. The van der Waals surface area contributed by atoms with Crippen LogP contribution in [0.1, 0.15) is 44.0 Å². The first kappa shape index (κ1) is 23.6. The van der Waals surface area contributed by atoms with E-state index in [9.17, 15) is 23.6 Å². The Morgan fingerprint density at radius 2 is 1.88 bits per heavy atom. The fourth-order valence-electron chi connectivity index (χ4n) is 3.67. The van der Waals surface area contributed by atoms with Gasteiger partial charge in [-0.05, 0) is 45.4 Å². The molecule has 9 nitrogen and oxygen atoms in total. The van der Waals surface area contributed by atoms with Crippen molar-refractivity contribution in [1.29, 1.82) is 0 Å². The van der Waals surface area contributed by atoms with Gasteiger partial charge in [0.05, 0.1) is 12.1 Å². The third-order valence-electron chi connectivity index (χ3n) is 5.25. The number of amides is 3. The van der Waals surface area contributed by atoms with Crippen LogP contribution in [0.15, 0.2) is 18.2 Å². The van der Waals surface area contributed by atoms with Crippen LogP contribution in [-0.2, 0) is 19.1 Å². The Bertz CT molecular complexity index is 906. The van der Waals surface area contributed by atoms with Gasteiger partial charge in [0, 0.05) is 38.3 Å². The van der Waals surface area contributed by atoms with Crippen LogP contribution in [0.2, 0.25) is 0 Å². The molecule has 1 aromatic rings. The van der Waals surface area contributed by atoms with Gasteiger partial charge in [-0.25, -0.2) is 4.39 Å². The van der Waals surface area contributed by atoms with Crippen LogP contribution in [0.4, 0.5) is 10.1 Å². The van der Waals surface area contributed by atoms with Gasteiger partial charge in [0.15, 0.2) is 0 Å². The Balaban J connectivity index is 1.54. The minimum absolute atomic E-state index is 0.123. The van der Waals surface area contributed by atoms with Gasteiger partial charge in [0.1, 0.15) is 17.5 Å². The molecule has 2 fully saturated rings. The number of piperazine rings is 1. The highest BCUT2D eigenvalue weighted by atomic mass is 19.1. The summed E-state index contributed by atoms with van der Waals surface area (Å²) < 4.78 is 20.0. The first-order valence-corrected chi connectivity index (χ1v) is 10.6. The van der Waals surface area contributed by atoms with Crippen molar-refractivity contribution < 1.29 is 28.3 Å². The van der Waals surface area contributed by atoms with E-state index in [4.69, 9.17) is 4.74 Å². The van der Waals surface area contributed by atoms with Crippen LogP contribution in [0.25, 0.3) is 0 Å². The lowest BCUT2D eigenvalue weighted by atomic mass is 10.1. The molecule has 2 N–H and O–H groups in total. The Morgan fingerprint density at radius 3 is 2.47 bits per heavy atom. The summed E-state index contributed by atoms with van der Waals surface area (Å²) in [7, 11) is 0. The number of halogens is 1. The zero-order valence-corrected chi connectivity index (χ0v) is 18.6. The molecule has 0 saturated carbocycles. The van der Waals surface area contributed by atoms with Crippen molar-refractivity contribution in [3.63, 3.8) is 0 Å². The Kier molecular flexibility index (Phi) is 7.12. The highest BCUT2D eigenvalue weighted by molar-refractivity contribution is 6.03. The van der Waals surface area contributed by atoms with Crippen molar-refractivity contribution in [2.24, 2.45) is 0 Å². The summed E-state index contributed by atoms with van der Waals surface area (Å²) in [4.78, 5) is 51.4. The van der Waals surface area contributed by atoms with Gasteiger partial charge in [-0.1, -0.05) is 0 Å². The van der Waals surface area contributed by atoms with E-state index >= 15 is 0 Å². The van der Waals surface area contributed by atoms with Crippen LogP contribution < -0.4 is 15.5 Å². The Morgan fingerprint density at radius 1 is 1.19 bits per heavy atom. The lowest BCUT2D eigenvalue weighted by Gasteiger charge is -2.36. The van der Waals surface area contributed by atoms with Crippen LogP contribution >= 0.6 is 0 Å². The second-order valence-corrected chi connectivity index (χ2v) is 8.99. The molecule has 0 aromatic heterocycles. The maximum atomic E-state index is 14.7. The van der Waals surface area contributed by atoms with Crippen LogP contribution in [0, 0.1) is 5.82 Å². The third-order valence-corrected chi connectivity index (χ3v) is 5.25. The van der Waals surface area contributed by atoms with E-state index in [1.807, 2.05) is 30.6 Å². The molecule has 1 unspecified atom stereocenters. The van der Waals surface area contributed by atoms with Crippen molar-refractivity contribution in [3.05, 3.63) is 29.6 Å². The van der Waals surface area contributed by atoms with Crippen LogP contribution in [-0.4, -0.2) is 73.0 Å². The zero-order chi connectivity index (χ0) is 23.5. The summed E-state index contributed by atoms with van der Waals surface area (Å²) in [5.74, 6) is -2.64. The molecule has 2 aliphatic heterocycles. The number of nitrogens with zero attached hydrogens (tertiary/aromatic N) is 2. The number of piperidine rings is 1. The summed E-state index contributed by atoms with van der Waals surface area (Å²) in [6, 6.07) is 3.48. The van der Waals surface area contributed by atoms with Crippen molar-refractivity contribution in [2.45, 2.75) is 45.3 Å². The lowest BCUT2D eigenvalue weighted by molar-refractivity contribution is -0.156. The number of rotatable bonds is 5. The molecule has 0 bridgehead atoms. The van der Waals surface area contributed by atoms with E-state index in [0.29, 0.717) is 31.9 Å². The predicted molar refractivity (Wildman–Crippen MR) is 115 cm³/mol. The average Bonchev–Trinajstić information content (AvgIpc) is 2.69. The number of carbonyl (C=O) groups is 4. The maximum Gasteiger partial charge on any atom is 0.320 e. The zero-order valence-electron chi connectivity index (χ0n) is 18.6. The molecular formula is C22H29FN4O5. The van der Waals surface area contributed by atoms with E-state index in [2.05, 4.69) is 10.6 Å². The van der Waals surface area contributed by atoms with Crippen molar-refractivity contribution in [3.8, 4) is 0 Å². The third kappa shape index (κ3) is 6.25. The first-order chi connectivity index (χ1) is 15.0. The van der Waals surface area contributed by atoms with Gasteiger partial charge in [0.25, 0.3) is 5.91 Å². The first-order valence-electron chi connectivity index (χ1n) is 10.6. The maximum absolute atomic E-state index is 14.7. The van der Waals surface area contributed by atoms with Crippen LogP contribution in [0.5, 0.6) is 0 Å². The molecule has 0 radical (unpaired) electrons. The number of esters is 1. The standard InChI is InChI=1S/C22H29FN4O5/c1-22(2,3)32-19(29)13-26-8-10-27(11-9-26)14-4-5-15(16(23)12-14)20(30)24-17-6-7-18(28)25-21(17)31/h4-5,12,17H,6-11,13H2,1-3H3,(H,24,30)(H,25,28,31). The molecule has 2 aliphatic rings. The number of benzene rings is 1. The minimum Gasteiger partial charge on any atom is -0.459 e. The molecule has 174 valence electrons.